The molecule has 0 saturated carbocycles. The molecule has 0 heteroatoms. The van der Waals surface area contributed by atoms with E-state index in [4.69, 9.17) is 0 Å². The molecule has 0 aromatic carbocycles. The van der Waals surface area contributed by atoms with Crippen molar-refractivity contribution in [1.29, 1.82) is 0 Å². The summed E-state index contributed by atoms with van der Waals surface area (Å²) in [5.41, 5.74) is 3.67. The number of hydrogen-bond donors (Lipinski definition) is 0. The normalized spacial score (nSPS) is 41.8. The van der Waals surface area contributed by atoms with E-state index in [1.807, 2.05) is 0 Å². The summed E-state index contributed by atoms with van der Waals surface area (Å²) in [6.07, 6.45) is 18.2. The van der Waals surface area contributed by atoms with Crippen LogP contribution < -0.4 is 0 Å². The first kappa shape index (κ1) is 12.0. The zero-order chi connectivity index (χ0) is 12.8. The Balaban J connectivity index is 0.000000114. The maximum Gasteiger partial charge on any atom is 0.00943 e. The number of allylic oxidation sites excluding steroid dienone is 8. The van der Waals surface area contributed by atoms with E-state index < -0.39 is 0 Å². The highest BCUT2D eigenvalue weighted by atomic mass is 14.4. The van der Waals surface area contributed by atoms with Crippen LogP contribution in [0.15, 0.2) is 47.6 Å². The van der Waals surface area contributed by atoms with Crippen LogP contribution in [0.2, 0.25) is 0 Å². The summed E-state index contributed by atoms with van der Waals surface area (Å²) in [6, 6.07) is 0. The van der Waals surface area contributed by atoms with Gasteiger partial charge in [-0.25, -0.2) is 0 Å². The molecule has 4 unspecified atom stereocenters. The quantitative estimate of drug-likeness (QED) is 0.562. The van der Waals surface area contributed by atoms with E-state index in [0.717, 1.165) is 17.8 Å². The van der Waals surface area contributed by atoms with Gasteiger partial charge in [0.15, 0.2) is 0 Å². The van der Waals surface area contributed by atoms with E-state index in [-0.39, 0.29) is 0 Å². The average molecular weight is 240 g/mol. The van der Waals surface area contributed by atoms with Crippen LogP contribution in [0.1, 0.15) is 40.0 Å². The lowest BCUT2D eigenvalue weighted by atomic mass is 9.81. The third-order valence-corrected chi connectivity index (χ3v) is 5.32. The van der Waals surface area contributed by atoms with Crippen molar-refractivity contribution < 1.29 is 0 Å². The van der Waals surface area contributed by atoms with Crippen LogP contribution in [0, 0.1) is 23.2 Å². The maximum absolute atomic E-state index is 2.42. The van der Waals surface area contributed by atoms with Gasteiger partial charge in [-0.05, 0) is 50.9 Å². The van der Waals surface area contributed by atoms with Gasteiger partial charge in [0.25, 0.3) is 0 Å². The minimum Gasteiger partial charge on any atom is -0.0810 e. The molecule has 0 N–H and O–H groups in total. The summed E-state index contributed by atoms with van der Waals surface area (Å²) >= 11 is 0. The van der Waals surface area contributed by atoms with Crippen molar-refractivity contribution >= 4 is 0 Å². The van der Waals surface area contributed by atoms with Crippen molar-refractivity contribution in [2.24, 2.45) is 23.2 Å². The van der Waals surface area contributed by atoms with Gasteiger partial charge in [0.05, 0.1) is 0 Å². The maximum atomic E-state index is 2.42. The van der Waals surface area contributed by atoms with Crippen molar-refractivity contribution in [3.8, 4) is 0 Å². The van der Waals surface area contributed by atoms with Gasteiger partial charge in [-0.15, -0.1) is 0 Å². The molecule has 4 aliphatic rings. The van der Waals surface area contributed by atoms with Crippen LogP contribution in [0.25, 0.3) is 0 Å². The largest absolute Gasteiger partial charge is 0.0810 e. The molecule has 0 heterocycles. The molecule has 96 valence electrons. The first-order valence-electron chi connectivity index (χ1n) is 7.38. The zero-order valence-corrected chi connectivity index (χ0v) is 11.8. The molecule has 0 aliphatic heterocycles. The van der Waals surface area contributed by atoms with Crippen LogP contribution in [0.3, 0.4) is 0 Å². The Morgan fingerprint density at radius 1 is 1.11 bits per heavy atom. The molecule has 0 spiro atoms. The lowest BCUT2D eigenvalue weighted by Crippen LogP contribution is -2.11. The van der Waals surface area contributed by atoms with Crippen molar-refractivity contribution in [2.45, 2.75) is 40.0 Å². The van der Waals surface area contributed by atoms with E-state index in [1.165, 1.54) is 19.3 Å². The molecule has 4 aliphatic carbocycles. The predicted molar refractivity (Wildman–Crippen MR) is 78.2 cm³/mol. The molecule has 0 amide bonds. The van der Waals surface area contributed by atoms with E-state index in [2.05, 4.69) is 57.2 Å². The molecule has 4 atom stereocenters. The van der Waals surface area contributed by atoms with Crippen LogP contribution in [0.5, 0.6) is 0 Å². The van der Waals surface area contributed by atoms with Gasteiger partial charge in [-0.2, -0.15) is 0 Å². The molecule has 0 fully saturated rings. The Morgan fingerprint density at radius 2 is 1.94 bits per heavy atom. The molecule has 0 radical (unpaired) electrons. The van der Waals surface area contributed by atoms with Gasteiger partial charge in [0, 0.05) is 5.41 Å². The fourth-order valence-corrected chi connectivity index (χ4v) is 3.95. The lowest BCUT2D eigenvalue weighted by molar-refractivity contribution is 0.441. The number of hydrogen-bond acceptors (Lipinski definition) is 0. The Kier molecular flexibility index (Phi) is 2.84. The van der Waals surface area contributed by atoms with E-state index >= 15 is 0 Å². The Labute approximate surface area is 111 Å². The smallest absolute Gasteiger partial charge is 0.00943 e. The Morgan fingerprint density at radius 3 is 2.22 bits per heavy atom. The summed E-state index contributed by atoms with van der Waals surface area (Å²) in [7, 11) is 0. The van der Waals surface area contributed by atoms with Crippen LogP contribution in [-0.2, 0) is 0 Å². The van der Waals surface area contributed by atoms with E-state index in [9.17, 15) is 0 Å². The standard InChI is InChI=1S/C10H14.C8H10/c1-3-10-5-4-9(7-10)6-8(10)2;1-6-4-7-2-3-8(6)5-7/h4-6,9H,3,7H2,1-2H3;2-4,7-8H,5H2,1H3. The fraction of sp³-hybridized carbons (Fsp3) is 0.556. The Bertz CT molecular complexity index is 460. The highest BCUT2D eigenvalue weighted by molar-refractivity contribution is 5.35. The topological polar surface area (TPSA) is 0 Å². The lowest BCUT2D eigenvalue weighted by Gasteiger charge is -2.23. The van der Waals surface area contributed by atoms with Crippen LogP contribution >= 0.6 is 0 Å². The Hall–Kier alpha value is -1.04. The molecular formula is C18H24. The number of fused-ring (bicyclic) bond motifs is 4. The second-order valence-corrected chi connectivity index (χ2v) is 6.39. The van der Waals surface area contributed by atoms with E-state index in [1.54, 1.807) is 11.1 Å². The van der Waals surface area contributed by atoms with Crippen molar-refractivity contribution in [3.05, 3.63) is 47.6 Å². The first-order chi connectivity index (χ1) is 8.63. The highest BCUT2D eigenvalue weighted by Gasteiger charge is 2.38. The van der Waals surface area contributed by atoms with Gasteiger partial charge in [-0.1, -0.05) is 54.5 Å². The molecule has 0 nitrogen and oxygen atoms in total. The van der Waals surface area contributed by atoms with Gasteiger partial charge in [-0.3, -0.25) is 0 Å². The van der Waals surface area contributed by atoms with Crippen molar-refractivity contribution in [1.82, 2.24) is 0 Å². The van der Waals surface area contributed by atoms with Gasteiger partial charge in [0.1, 0.15) is 0 Å². The zero-order valence-electron chi connectivity index (χ0n) is 11.8. The molecule has 0 aromatic rings. The first-order valence-corrected chi connectivity index (χ1v) is 7.38. The SMILES string of the molecule is CC1=CC2C=CC1C2.CCC12C=CC(C=C1C)C2. The summed E-state index contributed by atoms with van der Waals surface area (Å²) in [4.78, 5) is 0. The summed E-state index contributed by atoms with van der Waals surface area (Å²) in [6.45, 7) is 6.79. The molecule has 0 saturated heterocycles. The molecule has 18 heavy (non-hydrogen) atoms. The van der Waals surface area contributed by atoms with Crippen molar-refractivity contribution in [3.63, 3.8) is 0 Å². The minimum absolute atomic E-state index is 0.491. The third-order valence-electron chi connectivity index (χ3n) is 5.32. The second-order valence-electron chi connectivity index (χ2n) is 6.39. The summed E-state index contributed by atoms with van der Waals surface area (Å²) < 4.78 is 0. The summed E-state index contributed by atoms with van der Waals surface area (Å²) in [5.74, 6) is 2.40. The fourth-order valence-electron chi connectivity index (χ4n) is 3.95. The van der Waals surface area contributed by atoms with E-state index in [0.29, 0.717) is 5.41 Å². The summed E-state index contributed by atoms with van der Waals surface area (Å²) in [5, 5.41) is 0. The van der Waals surface area contributed by atoms with Crippen LogP contribution in [-0.4, -0.2) is 0 Å². The second kappa shape index (κ2) is 4.26. The third kappa shape index (κ3) is 1.83. The minimum atomic E-state index is 0.491. The number of rotatable bonds is 1. The molecular weight excluding hydrogens is 216 g/mol. The van der Waals surface area contributed by atoms with Gasteiger partial charge in [0.2, 0.25) is 0 Å². The van der Waals surface area contributed by atoms with Gasteiger partial charge < -0.3 is 0 Å². The molecule has 4 bridgehead atoms. The monoisotopic (exact) mass is 240 g/mol. The van der Waals surface area contributed by atoms with Crippen molar-refractivity contribution in [2.75, 3.05) is 0 Å². The van der Waals surface area contributed by atoms with Gasteiger partial charge >= 0.3 is 0 Å². The predicted octanol–water partition coefficient (Wildman–Crippen LogP) is 5.06. The highest BCUT2D eigenvalue weighted by Crippen LogP contribution is 2.50. The van der Waals surface area contributed by atoms with Crippen LogP contribution in [0.4, 0.5) is 0 Å². The average Bonchev–Trinajstić information content (AvgIpc) is 3.07. The molecule has 4 rings (SSSR count). The molecule has 0 aromatic heterocycles.